The summed E-state index contributed by atoms with van der Waals surface area (Å²) < 4.78 is 1.31. The fourth-order valence-electron chi connectivity index (χ4n) is 6.11. The van der Waals surface area contributed by atoms with Crippen molar-refractivity contribution < 1.29 is 32.6 Å². The van der Waals surface area contributed by atoms with Gasteiger partial charge < -0.3 is 9.41 Å². The molecule has 3 unspecified atom stereocenters. The average molecular weight is 584 g/mol. The minimum atomic E-state index is -0.844. The Hall–Kier alpha value is -2.47. The summed E-state index contributed by atoms with van der Waals surface area (Å²) in [4.78, 5) is 0. The van der Waals surface area contributed by atoms with E-state index in [0.29, 0.717) is 7.25 Å². The van der Waals surface area contributed by atoms with Gasteiger partial charge >= 0.3 is 222 Å². The van der Waals surface area contributed by atoms with Gasteiger partial charge in [-0.2, -0.15) is 0 Å². The molecule has 7 rings (SSSR count). The minimum absolute atomic E-state index is 0. The van der Waals surface area contributed by atoms with Crippen LogP contribution >= 0.6 is 7.92 Å². The van der Waals surface area contributed by atoms with E-state index in [2.05, 4.69) is 116 Å². The molecule has 0 saturated heterocycles. The molecule has 4 aromatic carbocycles. The Bertz CT molecular complexity index is 1510. The van der Waals surface area contributed by atoms with Crippen LogP contribution in [-0.2, 0) is 23.2 Å². The first-order valence-electron chi connectivity index (χ1n) is 12.7. The third-order valence-corrected chi connectivity index (χ3v) is 15.6. The van der Waals surface area contributed by atoms with E-state index in [1.807, 2.05) is 0 Å². The Kier molecular flexibility index (Phi) is 7.58. The maximum atomic E-state index is 2.64. The zero-order chi connectivity index (χ0) is 23.4. The molecule has 0 aromatic heterocycles. The van der Waals surface area contributed by atoms with Crippen LogP contribution in [0.1, 0.15) is 42.8 Å². The molecule has 1 aliphatic heterocycles. The molecule has 0 fully saturated rings. The number of rotatable bonds is 5. The van der Waals surface area contributed by atoms with Crippen molar-refractivity contribution in [2.45, 2.75) is 20.6 Å². The Morgan fingerprint density at radius 3 is 2.22 bits per heavy atom. The molecule has 1 heterocycles. The van der Waals surface area contributed by atoms with Gasteiger partial charge in [-0.25, -0.2) is 0 Å². The van der Waals surface area contributed by atoms with E-state index in [1.54, 1.807) is 21.7 Å². The second-order valence-corrected chi connectivity index (χ2v) is 15.7. The maximum Gasteiger partial charge on any atom is -1.00 e. The third kappa shape index (κ3) is 4.25. The van der Waals surface area contributed by atoms with E-state index in [9.17, 15) is 0 Å². The number of hydrogen-bond donors (Lipinski definition) is 0. The first kappa shape index (κ1) is 26.2. The molecule has 2 bridgehead atoms. The van der Waals surface area contributed by atoms with E-state index in [4.69, 9.17) is 0 Å². The van der Waals surface area contributed by atoms with Crippen molar-refractivity contribution >= 4 is 25.4 Å². The van der Waals surface area contributed by atoms with Crippen LogP contribution in [0.25, 0.3) is 34.4 Å². The van der Waals surface area contributed by atoms with Gasteiger partial charge in [-0.3, -0.25) is 0 Å². The summed E-state index contributed by atoms with van der Waals surface area (Å²) in [5.41, 5.74) is 11.8. The summed E-state index contributed by atoms with van der Waals surface area (Å²) in [6.07, 6.45) is 10.2. The fourth-order valence-corrected chi connectivity index (χ4v) is 14.5. The Morgan fingerprint density at radius 1 is 0.703 bits per heavy atom. The predicted molar refractivity (Wildman–Crippen MR) is 148 cm³/mol. The van der Waals surface area contributed by atoms with Crippen LogP contribution in [0.15, 0.2) is 102 Å². The number of benzene rings is 4. The van der Waals surface area contributed by atoms with Crippen LogP contribution < -0.4 is 14.7 Å². The molecule has 0 nitrogen and oxygen atoms in total. The predicted octanol–water partition coefficient (Wildman–Crippen LogP) is 2.81. The molecule has 3 aliphatic rings. The molecule has 4 heteroatoms. The molecule has 3 atom stereocenters. The van der Waals surface area contributed by atoms with Gasteiger partial charge in [-0.05, 0) is 0 Å². The maximum absolute atomic E-state index is 2.64. The van der Waals surface area contributed by atoms with Crippen LogP contribution in [0.2, 0.25) is 0 Å². The van der Waals surface area contributed by atoms with Gasteiger partial charge in [0.1, 0.15) is 0 Å². The molecule has 182 valence electrons. The van der Waals surface area contributed by atoms with Crippen molar-refractivity contribution in [1.82, 2.24) is 0 Å². The monoisotopic (exact) mass is 582 g/mol. The molecule has 2 aliphatic carbocycles. The summed E-state index contributed by atoms with van der Waals surface area (Å²) in [6.45, 7) is 2.36. The second-order valence-electron chi connectivity index (χ2n) is 9.66. The molecular formula is C33H27F2PZr. The van der Waals surface area contributed by atoms with Crippen molar-refractivity contribution in [3.05, 3.63) is 125 Å². The summed E-state index contributed by atoms with van der Waals surface area (Å²) in [6, 6.07) is 34.3. The molecule has 37 heavy (non-hydrogen) atoms. The van der Waals surface area contributed by atoms with Gasteiger partial charge in [0.2, 0.25) is 0 Å². The molecule has 0 saturated carbocycles. The average Bonchev–Trinajstić information content (AvgIpc) is 3.46. The van der Waals surface area contributed by atoms with Gasteiger partial charge in [0.15, 0.2) is 0 Å². The van der Waals surface area contributed by atoms with Gasteiger partial charge in [-0.15, -0.1) is 0 Å². The fraction of sp³-hybridized carbons (Fsp3) is 0.152. The zero-order valence-electron chi connectivity index (χ0n) is 20.7. The summed E-state index contributed by atoms with van der Waals surface area (Å²) in [7, 11) is -0.267. The van der Waals surface area contributed by atoms with Gasteiger partial charge in [-0.1, -0.05) is 0 Å². The van der Waals surface area contributed by atoms with Crippen LogP contribution in [0.3, 0.4) is 0 Å². The van der Waals surface area contributed by atoms with E-state index >= 15 is 0 Å². The molecule has 4 aromatic rings. The molecule has 0 radical (unpaired) electrons. The number of fused-ring (bicyclic) bond motifs is 3. The Labute approximate surface area is 230 Å². The SMILES string of the molecule is CCCP1C2=Cc3c(cccc3[CH]2[Zr+2][CH]2C=Cc3c(-c4ccccc4)cccc32)-c2ccccc21.[F-].[F-]. The molecule has 0 amide bonds. The normalized spacial score (nSPS) is 19.5. The van der Waals surface area contributed by atoms with E-state index < -0.39 is 23.2 Å². The molecular weight excluding hydrogens is 557 g/mol. The number of halogens is 2. The standard InChI is InChI=1S/C18H16P.C15H11.2FH.Zr/c1-2-10-19-14-11-13-6-5-8-15(17(13)12-14)16-7-3-4-9-18(16)19;1-2-6-12(7-3-1)14-10-4-8-13-9-5-11-15(13)14;;;/h3-9,11-12H,2,10H2,1H3;1-11H;2*1H;/q;;;;+2/p-2. The van der Waals surface area contributed by atoms with Crippen molar-refractivity contribution in [3.8, 4) is 22.3 Å². The van der Waals surface area contributed by atoms with E-state index in [1.165, 1.54) is 46.0 Å². The van der Waals surface area contributed by atoms with E-state index in [0.717, 1.165) is 0 Å². The largest absolute Gasteiger partial charge is 1.00 e. The smallest absolute Gasteiger partial charge is 1.00 e. The van der Waals surface area contributed by atoms with Crippen molar-refractivity contribution in [3.63, 3.8) is 0 Å². The molecule has 0 spiro atoms. The van der Waals surface area contributed by atoms with Crippen LogP contribution in [0.5, 0.6) is 0 Å². The number of hydrogen-bond acceptors (Lipinski definition) is 0. The zero-order valence-corrected chi connectivity index (χ0v) is 24.0. The van der Waals surface area contributed by atoms with Crippen molar-refractivity contribution in [1.29, 1.82) is 0 Å². The third-order valence-electron chi connectivity index (χ3n) is 7.64. The second kappa shape index (κ2) is 10.7. The topological polar surface area (TPSA) is 0 Å². The quantitative estimate of drug-likeness (QED) is 0.317. The summed E-state index contributed by atoms with van der Waals surface area (Å²) in [5, 5.41) is 3.39. The van der Waals surface area contributed by atoms with Crippen LogP contribution in [0, 0.1) is 0 Å². The van der Waals surface area contributed by atoms with Gasteiger partial charge in [0.05, 0.1) is 0 Å². The van der Waals surface area contributed by atoms with Crippen LogP contribution in [-0.4, -0.2) is 6.16 Å². The Balaban J connectivity index is 0.00000140. The van der Waals surface area contributed by atoms with Crippen LogP contribution in [0.4, 0.5) is 0 Å². The summed E-state index contributed by atoms with van der Waals surface area (Å²) >= 11 is -0.844. The van der Waals surface area contributed by atoms with E-state index in [-0.39, 0.29) is 17.3 Å². The van der Waals surface area contributed by atoms with Crippen molar-refractivity contribution in [2.24, 2.45) is 0 Å². The Morgan fingerprint density at radius 2 is 1.41 bits per heavy atom. The number of allylic oxidation sites excluding steroid dienone is 2. The first-order valence-corrected chi connectivity index (χ1v) is 17.0. The van der Waals surface area contributed by atoms with Gasteiger partial charge in [0, 0.05) is 0 Å². The minimum Gasteiger partial charge on any atom is -1.00 e. The summed E-state index contributed by atoms with van der Waals surface area (Å²) in [5.74, 6) is 0. The van der Waals surface area contributed by atoms with Gasteiger partial charge in [0.25, 0.3) is 0 Å². The molecule has 0 N–H and O–H groups in total. The first-order chi connectivity index (χ1) is 17.3. The van der Waals surface area contributed by atoms with Crippen molar-refractivity contribution in [2.75, 3.05) is 6.16 Å².